The summed E-state index contributed by atoms with van der Waals surface area (Å²) in [6, 6.07) is 7.74. The Labute approximate surface area is 115 Å². The molecule has 1 aromatic rings. The lowest BCUT2D eigenvalue weighted by Gasteiger charge is -2.37. The van der Waals surface area contributed by atoms with Crippen LogP contribution in [0.3, 0.4) is 0 Å². The molecule has 2 rings (SSSR count). The van der Waals surface area contributed by atoms with Crippen molar-refractivity contribution in [3.05, 3.63) is 29.8 Å². The molecule has 1 unspecified atom stereocenters. The lowest BCUT2D eigenvalue weighted by molar-refractivity contribution is -0.202. The van der Waals surface area contributed by atoms with Gasteiger partial charge in [-0.1, -0.05) is 12.1 Å². The van der Waals surface area contributed by atoms with Crippen LogP contribution in [0.2, 0.25) is 0 Å². The van der Waals surface area contributed by atoms with Crippen LogP contribution >= 0.6 is 0 Å². The second-order valence-corrected chi connectivity index (χ2v) is 5.11. The number of ether oxygens (including phenoxy) is 1. The van der Waals surface area contributed by atoms with E-state index in [1.165, 1.54) is 0 Å². The van der Waals surface area contributed by atoms with E-state index < -0.39 is 18.8 Å². The number of benzene rings is 1. The second kappa shape index (κ2) is 6.01. The third-order valence-corrected chi connectivity index (χ3v) is 3.68. The van der Waals surface area contributed by atoms with E-state index in [0.717, 1.165) is 24.2 Å². The number of nitrogens with one attached hydrogen (secondary N) is 1. The van der Waals surface area contributed by atoms with E-state index in [1.54, 1.807) is 7.11 Å². The summed E-state index contributed by atoms with van der Waals surface area (Å²) in [5.41, 5.74) is 1.14. The number of halogens is 3. The molecule has 2 N–H and O–H groups in total. The van der Waals surface area contributed by atoms with Gasteiger partial charge < -0.3 is 15.2 Å². The van der Waals surface area contributed by atoms with Gasteiger partial charge in [0.15, 0.2) is 6.10 Å². The summed E-state index contributed by atoms with van der Waals surface area (Å²) >= 11 is 0. The third kappa shape index (κ3) is 3.64. The zero-order chi connectivity index (χ0) is 14.8. The highest BCUT2D eigenvalue weighted by Gasteiger charge is 2.39. The van der Waals surface area contributed by atoms with Crippen LogP contribution in [0, 0.1) is 0 Å². The quantitative estimate of drug-likeness (QED) is 0.875. The highest BCUT2D eigenvalue weighted by molar-refractivity contribution is 5.32. The summed E-state index contributed by atoms with van der Waals surface area (Å²) in [6.45, 7) is -0.445. The van der Waals surface area contributed by atoms with E-state index in [9.17, 15) is 13.2 Å². The Morgan fingerprint density at radius 1 is 1.40 bits per heavy atom. The summed E-state index contributed by atoms with van der Waals surface area (Å²) in [4.78, 5) is 0. The third-order valence-electron chi connectivity index (χ3n) is 3.68. The lowest BCUT2D eigenvalue weighted by atomic mass is 9.76. The fourth-order valence-corrected chi connectivity index (χ4v) is 2.35. The average Bonchev–Trinajstić information content (AvgIpc) is 2.35. The maximum atomic E-state index is 12.1. The molecule has 0 aromatic heterocycles. The van der Waals surface area contributed by atoms with Crippen molar-refractivity contribution >= 4 is 0 Å². The number of aliphatic hydroxyl groups excluding tert-OH is 1. The van der Waals surface area contributed by atoms with Crippen LogP contribution in [-0.4, -0.2) is 37.1 Å². The first-order chi connectivity index (χ1) is 9.40. The van der Waals surface area contributed by atoms with Crippen molar-refractivity contribution in [2.75, 3.05) is 13.7 Å². The van der Waals surface area contributed by atoms with Crippen molar-refractivity contribution in [1.82, 2.24) is 5.32 Å². The van der Waals surface area contributed by atoms with E-state index in [-0.39, 0.29) is 6.04 Å². The van der Waals surface area contributed by atoms with Gasteiger partial charge in [0.05, 0.1) is 7.11 Å². The highest BCUT2D eigenvalue weighted by atomic mass is 19.4. The van der Waals surface area contributed by atoms with Crippen molar-refractivity contribution in [3.63, 3.8) is 0 Å². The molecule has 0 amide bonds. The minimum atomic E-state index is -4.55. The number of methoxy groups -OCH3 is 1. The molecule has 0 spiro atoms. The smallest absolute Gasteiger partial charge is 0.415 e. The Balaban J connectivity index is 1.77. The molecule has 1 fully saturated rings. The monoisotopic (exact) mass is 289 g/mol. The normalized spacial score (nSPS) is 24.1. The fourth-order valence-electron chi connectivity index (χ4n) is 2.35. The Morgan fingerprint density at radius 2 is 2.10 bits per heavy atom. The summed E-state index contributed by atoms with van der Waals surface area (Å²) in [5, 5.41) is 11.7. The van der Waals surface area contributed by atoms with Crippen molar-refractivity contribution in [2.45, 2.75) is 37.1 Å². The maximum Gasteiger partial charge on any atom is 0.415 e. The van der Waals surface area contributed by atoms with Gasteiger partial charge in [-0.25, -0.2) is 0 Å². The maximum absolute atomic E-state index is 12.1. The molecule has 1 aliphatic rings. The van der Waals surface area contributed by atoms with Gasteiger partial charge in [0.1, 0.15) is 5.75 Å². The van der Waals surface area contributed by atoms with E-state index in [2.05, 4.69) is 5.32 Å². The molecule has 3 nitrogen and oxygen atoms in total. The molecule has 1 aromatic carbocycles. The van der Waals surface area contributed by atoms with Gasteiger partial charge in [-0.05, 0) is 36.5 Å². The van der Waals surface area contributed by atoms with Crippen LogP contribution < -0.4 is 10.1 Å². The minimum Gasteiger partial charge on any atom is -0.497 e. The summed E-state index contributed by atoms with van der Waals surface area (Å²) in [7, 11) is 1.60. The molecule has 1 saturated carbocycles. The average molecular weight is 289 g/mol. The first kappa shape index (κ1) is 15.1. The standard InChI is InChI=1S/C14H18F3NO2/c1-20-12-4-2-3-9(7-12)10-5-11(6-10)18-8-13(19)14(15,16)17/h2-4,7,10-11,13,18-19H,5-6,8H2,1H3. The van der Waals surface area contributed by atoms with Gasteiger partial charge in [0.25, 0.3) is 0 Å². The van der Waals surface area contributed by atoms with Crippen molar-refractivity contribution in [3.8, 4) is 5.75 Å². The molecule has 0 radical (unpaired) electrons. The largest absolute Gasteiger partial charge is 0.497 e. The molecule has 0 saturated heterocycles. The zero-order valence-electron chi connectivity index (χ0n) is 11.2. The predicted octanol–water partition coefficient (Wildman–Crippen LogP) is 2.45. The molecule has 0 aliphatic heterocycles. The molecular formula is C14H18F3NO2. The van der Waals surface area contributed by atoms with Gasteiger partial charge in [0, 0.05) is 12.6 Å². The molecule has 0 heterocycles. The molecule has 20 heavy (non-hydrogen) atoms. The van der Waals surface area contributed by atoms with Gasteiger partial charge in [-0.2, -0.15) is 13.2 Å². The molecule has 112 valence electrons. The van der Waals surface area contributed by atoms with Crippen LogP contribution in [-0.2, 0) is 0 Å². The second-order valence-electron chi connectivity index (χ2n) is 5.11. The summed E-state index contributed by atoms with van der Waals surface area (Å²) in [6.07, 6.45) is -5.29. The number of hydrogen-bond donors (Lipinski definition) is 2. The number of hydrogen-bond acceptors (Lipinski definition) is 3. The van der Waals surface area contributed by atoms with Gasteiger partial charge >= 0.3 is 6.18 Å². The molecule has 0 bridgehead atoms. The predicted molar refractivity (Wildman–Crippen MR) is 68.8 cm³/mol. The van der Waals surface area contributed by atoms with Crippen LogP contribution in [0.1, 0.15) is 24.3 Å². The Morgan fingerprint density at radius 3 is 2.70 bits per heavy atom. The van der Waals surface area contributed by atoms with Crippen LogP contribution in [0.25, 0.3) is 0 Å². The van der Waals surface area contributed by atoms with Gasteiger partial charge in [-0.3, -0.25) is 0 Å². The highest BCUT2D eigenvalue weighted by Crippen LogP contribution is 2.38. The van der Waals surface area contributed by atoms with Crippen molar-refractivity contribution in [2.24, 2.45) is 0 Å². The van der Waals surface area contributed by atoms with E-state index in [1.807, 2.05) is 24.3 Å². The molecule has 1 atom stereocenters. The van der Waals surface area contributed by atoms with Crippen LogP contribution in [0.15, 0.2) is 24.3 Å². The fraction of sp³-hybridized carbons (Fsp3) is 0.571. The minimum absolute atomic E-state index is 0.0307. The Hall–Kier alpha value is -1.27. The van der Waals surface area contributed by atoms with Crippen molar-refractivity contribution < 1.29 is 23.0 Å². The van der Waals surface area contributed by atoms with Crippen molar-refractivity contribution in [1.29, 1.82) is 0 Å². The number of rotatable bonds is 5. The SMILES string of the molecule is COc1cccc(C2CC(NCC(O)C(F)(F)F)C2)c1. The Kier molecular flexibility index (Phi) is 4.55. The van der Waals surface area contributed by atoms with Gasteiger partial charge in [0.2, 0.25) is 0 Å². The first-order valence-corrected chi connectivity index (χ1v) is 6.52. The van der Waals surface area contributed by atoms with E-state index in [4.69, 9.17) is 9.84 Å². The topological polar surface area (TPSA) is 41.5 Å². The number of alkyl halides is 3. The molecular weight excluding hydrogens is 271 g/mol. The van der Waals surface area contributed by atoms with E-state index >= 15 is 0 Å². The summed E-state index contributed by atoms with van der Waals surface area (Å²) < 4.78 is 41.6. The van der Waals surface area contributed by atoms with Crippen LogP contribution in [0.4, 0.5) is 13.2 Å². The number of aliphatic hydroxyl groups is 1. The lowest BCUT2D eigenvalue weighted by Crippen LogP contribution is -2.46. The Bertz CT molecular complexity index is 444. The van der Waals surface area contributed by atoms with Gasteiger partial charge in [-0.15, -0.1) is 0 Å². The van der Waals surface area contributed by atoms with Crippen LogP contribution in [0.5, 0.6) is 5.75 Å². The van der Waals surface area contributed by atoms with E-state index in [0.29, 0.717) is 5.92 Å². The zero-order valence-corrected chi connectivity index (χ0v) is 11.2. The first-order valence-electron chi connectivity index (χ1n) is 6.52. The molecule has 6 heteroatoms. The summed E-state index contributed by atoms with van der Waals surface area (Å²) in [5.74, 6) is 1.12. The molecule has 1 aliphatic carbocycles.